The summed E-state index contributed by atoms with van der Waals surface area (Å²) in [7, 11) is 0. The Labute approximate surface area is 121 Å². The Hall–Kier alpha value is -2.43. The summed E-state index contributed by atoms with van der Waals surface area (Å²) in [5, 5.41) is 2.62. The van der Waals surface area contributed by atoms with Gasteiger partial charge in [-0.3, -0.25) is 4.79 Å². The van der Waals surface area contributed by atoms with Gasteiger partial charge in [-0.15, -0.1) is 0 Å². The van der Waals surface area contributed by atoms with Crippen LogP contribution < -0.4 is 11.1 Å². The molecule has 0 radical (unpaired) electrons. The first-order valence-corrected chi connectivity index (χ1v) is 6.62. The molecule has 2 rings (SSSR count). The van der Waals surface area contributed by atoms with Gasteiger partial charge in [-0.1, -0.05) is 25.1 Å². The van der Waals surface area contributed by atoms with E-state index in [-0.39, 0.29) is 12.0 Å². The Morgan fingerprint density at radius 3 is 2.62 bits per heavy atom. The second-order valence-corrected chi connectivity index (χ2v) is 4.71. The lowest BCUT2D eigenvalue weighted by molar-refractivity contribution is -0.115. The zero-order chi connectivity index (χ0) is 15.4. The van der Waals surface area contributed by atoms with Crippen LogP contribution in [0.4, 0.5) is 20.2 Å². The van der Waals surface area contributed by atoms with E-state index in [0.717, 1.165) is 18.1 Å². The predicted molar refractivity (Wildman–Crippen MR) is 78.9 cm³/mol. The van der Waals surface area contributed by atoms with Gasteiger partial charge in [-0.05, 0) is 30.2 Å². The molecule has 0 heterocycles. The van der Waals surface area contributed by atoms with Gasteiger partial charge in [-0.25, -0.2) is 8.78 Å². The molecule has 0 saturated heterocycles. The molecule has 0 aromatic heterocycles. The van der Waals surface area contributed by atoms with Gasteiger partial charge < -0.3 is 11.1 Å². The van der Waals surface area contributed by atoms with Crippen molar-refractivity contribution < 1.29 is 13.6 Å². The fraction of sp³-hybridized carbons (Fsp3) is 0.188. The van der Waals surface area contributed by atoms with Crippen molar-refractivity contribution in [3.8, 4) is 0 Å². The van der Waals surface area contributed by atoms with E-state index in [1.54, 1.807) is 12.1 Å². The van der Waals surface area contributed by atoms with Crippen molar-refractivity contribution >= 4 is 17.3 Å². The highest BCUT2D eigenvalue weighted by Crippen LogP contribution is 2.19. The standard InChI is InChI=1S/C16H16F2N2O/c1-2-10-6-7-12(9-14(10)19)20-15(21)8-11-4-3-5-13(17)16(11)18/h3-7,9H,2,8,19H2,1H3,(H,20,21). The highest BCUT2D eigenvalue weighted by atomic mass is 19.2. The summed E-state index contributed by atoms with van der Waals surface area (Å²) in [6.45, 7) is 1.98. The normalized spacial score (nSPS) is 10.4. The topological polar surface area (TPSA) is 55.1 Å². The van der Waals surface area contributed by atoms with E-state index in [1.807, 2.05) is 13.0 Å². The molecule has 0 saturated carbocycles. The Bertz CT molecular complexity index is 671. The Balaban J connectivity index is 2.08. The van der Waals surface area contributed by atoms with E-state index in [9.17, 15) is 13.6 Å². The molecule has 0 aliphatic carbocycles. The summed E-state index contributed by atoms with van der Waals surface area (Å²) in [6, 6.07) is 8.98. The molecule has 110 valence electrons. The number of anilines is 2. The van der Waals surface area contributed by atoms with Gasteiger partial charge in [0.15, 0.2) is 11.6 Å². The monoisotopic (exact) mass is 290 g/mol. The van der Waals surface area contributed by atoms with Crippen LogP contribution in [0.2, 0.25) is 0 Å². The van der Waals surface area contributed by atoms with Crippen molar-refractivity contribution in [2.24, 2.45) is 0 Å². The zero-order valence-electron chi connectivity index (χ0n) is 11.6. The predicted octanol–water partition coefficient (Wildman–Crippen LogP) is 3.29. The minimum atomic E-state index is -0.992. The highest BCUT2D eigenvalue weighted by molar-refractivity contribution is 5.92. The average Bonchev–Trinajstić information content (AvgIpc) is 2.44. The number of amides is 1. The van der Waals surface area contributed by atoms with E-state index in [2.05, 4.69) is 5.32 Å². The molecule has 0 aliphatic rings. The summed E-state index contributed by atoms with van der Waals surface area (Å²) < 4.78 is 26.6. The number of halogens is 2. The fourth-order valence-corrected chi connectivity index (χ4v) is 2.06. The van der Waals surface area contributed by atoms with Crippen molar-refractivity contribution in [1.29, 1.82) is 0 Å². The van der Waals surface area contributed by atoms with Crippen LogP contribution >= 0.6 is 0 Å². The maximum absolute atomic E-state index is 13.5. The van der Waals surface area contributed by atoms with Crippen molar-refractivity contribution in [2.45, 2.75) is 19.8 Å². The van der Waals surface area contributed by atoms with Crippen LogP contribution in [0.3, 0.4) is 0 Å². The maximum atomic E-state index is 13.5. The van der Waals surface area contributed by atoms with Gasteiger partial charge in [0.05, 0.1) is 6.42 Å². The number of benzene rings is 2. The molecule has 0 spiro atoms. The number of hydrogen-bond acceptors (Lipinski definition) is 2. The number of carbonyl (C=O) groups excluding carboxylic acids is 1. The van der Waals surface area contributed by atoms with Gasteiger partial charge in [0.25, 0.3) is 0 Å². The van der Waals surface area contributed by atoms with E-state index in [1.165, 1.54) is 12.1 Å². The summed E-state index contributed by atoms with van der Waals surface area (Å²) >= 11 is 0. The Kier molecular flexibility index (Phi) is 4.52. The highest BCUT2D eigenvalue weighted by Gasteiger charge is 2.12. The van der Waals surface area contributed by atoms with Gasteiger partial charge in [-0.2, -0.15) is 0 Å². The van der Waals surface area contributed by atoms with Gasteiger partial charge in [0, 0.05) is 16.9 Å². The van der Waals surface area contributed by atoms with E-state index < -0.39 is 17.5 Å². The first-order valence-electron chi connectivity index (χ1n) is 6.62. The third-order valence-electron chi connectivity index (χ3n) is 3.19. The summed E-state index contributed by atoms with van der Waals surface area (Å²) in [5.74, 6) is -2.38. The van der Waals surface area contributed by atoms with Crippen LogP contribution in [0, 0.1) is 11.6 Å². The number of rotatable bonds is 4. The number of nitrogen functional groups attached to an aromatic ring is 1. The van der Waals surface area contributed by atoms with Crippen LogP contribution in [-0.2, 0) is 17.6 Å². The summed E-state index contributed by atoms with van der Waals surface area (Å²) in [4.78, 5) is 11.9. The lowest BCUT2D eigenvalue weighted by Gasteiger charge is -2.09. The van der Waals surface area contributed by atoms with Crippen molar-refractivity contribution in [3.05, 3.63) is 59.2 Å². The lowest BCUT2D eigenvalue weighted by Crippen LogP contribution is -2.15. The van der Waals surface area contributed by atoms with Crippen LogP contribution in [0.1, 0.15) is 18.1 Å². The smallest absolute Gasteiger partial charge is 0.228 e. The second-order valence-electron chi connectivity index (χ2n) is 4.71. The molecular weight excluding hydrogens is 274 g/mol. The largest absolute Gasteiger partial charge is 0.398 e. The van der Waals surface area contributed by atoms with Gasteiger partial charge in [0.1, 0.15) is 0 Å². The number of nitrogens with one attached hydrogen (secondary N) is 1. The molecule has 0 bridgehead atoms. The lowest BCUT2D eigenvalue weighted by atomic mass is 10.1. The summed E-state index contributed by atoms with van der Waals surface area (Å²) in [5.41, 5.74) is 7.98. The van der Waals surface area contributed by atoms with Gasteiger partial charge >= 0.3 is 0 Å². The maximum Gasteiger partial charge on any atom is 0.228 e. The minimum absolute atomic E-state index is 0.0191. The molecule has 0 atom stereocenters. The molecule has 2 aromatic rings. The van der Waals surface area contributed by atoms with E-state index in [4.69, 9.17) is 5.73 Å². The van der Waals surface area contributed by atoms with Crippen molar-refractivity contribution in [3.63, 3.8) is 0 Å². The molecule has 0 unspecified atom stereocenters. The zero-order valence-corrected chi connectivity index (χ0v) is 11.6. The number of hydrogen-bond donors (Lipinski definition) is 2. The van der Waals surface area contributed by atoms with Crippen LogP contribution in [0.25, 0.3) is 0 Å². The molecule has 2 aromatic carbocycles. The molecule has 0 aliphatic heterocycles. The number of aryl methyl sites for hydroxylation is 1. The van der Waals surface area contributed by atoms with Crippen LogP contribution in [0.15, 0.2) is 36.4 Å². The van der Waals surface area contributed by atoms with Crippen molar-refractivity contribution in [1.82, 2.24) is 0 Å². The SMILES string of the molecule is CCc1ccc(NC(=O)Cc2cccc(F)c2F)cc1N. The average molecular weight is 290 g/mol. The first-order chi connectivity index (χ1) is 10.0. The fourth-order valence-electron chi connectivity index (χ4n) is 2.06. The van der Waals surface area contributed by atoms with Gasteiger partial charge in [0.2, 0.25) is 5.91 Å². The molecule has 5 heteroatoms. The third kappa shape index (κ3) is 3.56. The molecule has 1 amide bonds. The third-order valence-corrected chi connectivity index (χ3v) is 3.19. The Morgan fingerprint density at radius 2 is 1.95 bits per heavy atom. The van der Waals surface area contributed by atoms with Crippen LogP contribution in [0.5, 0.6) is 0 Å². The van der Waals surface area contributed by atoms with Crippen LogP contribution in [-0.4, -0.2) is 5.91 Å². The minimum Gasteiger partial charge on any atom is -0.398 e. The molecule has 21 heavy (non-hydrogen) atoms. The quantitative estimate of drug-likeness (QED) is 0.849. The van der Waals surface area contributed by atoms with E-state index >= 15 is 0 Å². The second kappa shape index (κ2) is 6.35. The van der Waals surface area contributed by atoms with Crippen molar-refractivity contribution in [2.75, 3.05) is 11.1 Å². The number of nitrogens with two attached hydrogens (primary N) is 1. The molecule has 0 fully saturated rings. The molecule has 3 nitrogen and oxygen atoms in total. The molecule has 3 N–H and O–H groups in total. The molecular formula is C16H16F2N2O. The van der Waals surface area contributed by atoms with E-state index in [0.29, 0.717) is 11.4 Å². The summed E-state index contributed by atoms with van der Waals surface area (Å²) in [6.07, 6.45) is 0.563. The first kappa shape index (κ1) is 15.0. The Morgan fingerprint density at radius 1 is 1.19 bits per heavy atom. The number of carbonyl (C=O) groups is 1.